The molecule has 0 radical (unpaired) electrons. The molecule has 0 saturated carbocycles. The van der Waals surface area contributed by atoms with E-state index in [4.69, 9.17) is 17.1 Å². The molecule has 0 aliphatic rings. The molecule has 21 heavy (non-hydrogen) atoms. The van der Waals surface area contributed by atoms with E-state index < -0.39 is 17.2 Å². The van der Waals surface area contributed by atoms with Crippen LogP contribution in [0.4, 0.5) is 0 Å². The van der Waals surface area contributed by atoms with Gasteiger partial charge in [0.25, 0.3) is 5.78 Å². The van der Waals surface area contributed by atoms with Crippen molar-refractivity contribution < 1.29 is 19.5 Å². The van der Waals surface area contributed by atoms with Crippen molar-refractivity contribution in [1.29, 1.82) is 0 Å². The van der Waals surface area contributed by atoms with Crippen molar-refractivity contribution in [2.75, 3.05) is 0 Å². The molecule has 110 valence electrons. The molecule has 0 amide bonds. The number of pyridine rings is 1. The maximum Gasteiger partial charge on any atom is 0.332 e. The molecule has 1 heterocycles. The molecule has 1 aromatic rings. The Morgan fingerprint density at radius 3 is 2.52 bits per heavy atom. The molecule has 0 fully saturated rings. The predicted octanol–water partition coefficient (Wildman–Crippen LogP) is 2.73. The first-order valence-electron chi connectivity index (χ1n) is 5.99. The minimum atomic E-state index is -1.09. The van der Waals surface area contributed by atoms with Crippen LogP contribution in [0.2, 0.25) is 5.15 Å². The van der Waals surface area contributed by atoms with Crippen LogP contribution in [-0.2, 0) is 4.79 Å². The number of Topliss-reactive ketones (excluding diaryl/α,β-unsaturated/α-hetero) is 1. The van der Waals surface area contributed by atoms with Crippen molar-refractivity contribution >= 4 is 35.6 Å². The molecule has 0 bridgehead atoms. The van der Waals surface area contributed by atoms with Gasteiger partial charge in [-0.2, -0.15) is 4.79 Å². The Kier molecular flexibility index (Phi) is 5.13. The molecule has 0 aliphatic carbocycles. The number of rotatable bonds is 4. The largest absolute Gasteiger partial charge is 0.478 e. The SMILES string of the molecule is CC(C)(C)/C(=C\c1cnc(Cl)cc1C(=O)C=[N+]=[N-])C(=O)O. The summed E-state index contributed by atoms with van der Waals surface area (Å²) in [4.78, 5) is 29.7. The predicted molar refractivity (Wildman–Crippen MR) is 78.3 cm³/mol. The molecule has 0 spiro atoms. The minimum Gasteiger partial charge on any atom is -0.478 e. The first kappa shape index (κ1) is 16.8. The monoisotopic (exact) mass is 307 g/mol. The van der Waals surface area contributed by atoms with Gasteiger partial charge in [-0.05, 0) is 17.6 Å². The fourth-order valence-corrected chi connectivity index (χ4v) is 1.80. The number of carbonyl (C=O) groups excluding carboxylic acids is 1. The summed E-state index contributed by atoms with van der Waals surface area (Å²) in [5.74, 6) is -1.70. The van der Waals surface area contributed by atoms with E-state index >= 15 is 0 Å². The van der Waals surface area contributed by atoms with Crippen LogP contribution in [-0.4, -0.2) is 32.8 Å². The fourth-order valence-electron chi connectivity index (χ4n) is 1.65. The lowest BCUT2D eigenvalue weighted by atomic mass is 9.85. The zero-order valence-electron chi connectivity index (χ0n) is 11.8. The zero-order chi connectivity index (χ0) is 16.2. The van der Waals surface area contributed by atoms with E-state index in [0.29, 0.717) is 6.21 Å². The topological polar surface area (TPSA) is 104 Å². The Morgan fingerprint density at radius 2 is 2.05 bits per heavy atom. The smallest absolute Gasteiger partial charge is 0.332 e. The molecule has 0 saturated heterocycles. The maximum absolute atomic E-state index is 11.8. The Labute approximate surface area is 126 Å². The molecule has 1 aromatic heterocycles. The first-order valence-corrected chi connectivity index (χ1v) is 6.37. The first-order chi connectivity index (χ1) is 9.66. The van der Waals surface area contributed by atoms with Gasteiger partial charge in [0, 0.05) is 22.9 Å². The molecule has 6 nitrogen and oxygen atoms in total. The lowest BCUT2D eigenvalue weighted by Gasteiger charge is -2.19. The number of nitrogens with zero attached hydrogens (tertiary/aromatic N) is 3. The Morgan fingerprint density at radius 1 is 1.43 bits per heavy atom. The van der Waals surface area contributed by atoms with Crippen molar-refractivity contribution in [2.24, 2.45) is 5.41 Å². The molecule has 0 aromatic carbocycles. The molecule has 0 aliphatic heterocycles. The highest BCUT2D eigenvalue weighted by Crippen LogP contribution is 2.28. The van der Waals surface area contributed by atoms with Gasteiger partial charge in [-0.25, -0.2) is 9.78 Å². The van der Waals surface area contributed by atoms with Crippen LogP contribution in [0.25, 0.3) is 11.6 Å². The van der Waals surface area contributed by atoms with E-state index in [-0.39, 0.29) is 21.9 Å². The van der Waals surface area contributed by atoms with Crippen LogP contribution in [0.15, 0.2) is 17.8 Å². The summed E-state index contributed by atoms with van der Waals surface area (Å²) >= 11 is 5.74. The number of carboxylic acid groups (broad SMARTS) is 1. The minimum absolute atomic E-state index is 0.0782. The Balaban J connectivity index is 3.52. The normalized spacial score (nSPS) is 11.7. The van der Waals surface area contributed by atoms with Gasteiger partial charge in [-0.15, -0.1) is 0 Å². The third kappa shape index (κ3) is 4.34. The number of aromatic nitrogens is 1. The van der Waals surface area contributed by atoms with Crippen molar-refractivity contribution in [1.82, 2.24) is 4.98 Å². The average Bonchev–Trinajstić information content (AvgIpc) is 2.35. The third-order valence-electron chi connectivity index (χ3n) is 2.68. The highest BCUT2D eigenvalue weighted by molar-refractivity contribution is 6.36. The molecule has 0 unspecified atom stereocenters. The van der Waals surface area contributed by atoms with Crippen LogP contribution in [0, 0.1) is 5.41 Å². The lowest BCUT2D eigenvalue weighted by molar-refractivity contribution is -0.133. The van der Waals surface area contributed by atoms with Crippen LogP contribution in [0.1, 0.15) is 36.7 Å². The van der Waals surface area contributed by atoms with E-state index in [2.05, 4.69) is 9.77 Å². The van der Waals surface area contributed by atoms with Gasteiger partial charge in [-0.1, -0.05) is 32.4 Å². The van der Waals surface area contributed by atoms with Crippen LogP contribution >= 0.6 is 11.6 Å². The standard InChI is InChI=1S/C14H14ClN3O3/c1-14(2,3)10(13(20)21)4-8-6-17-12(15)5-9(8)11(19)7-18-16/h4-7H,1-3H3,(H,20,21)/b10-4-. The molecular weight excluding hydrogens is 294 g/mol. The van der Waals surface area contributed by atoms with Gasteiger partial charge in [0.05, 0.1) is 0 Å². The fraction of sp³-hybridized carbons (Fsp3) is 0.286. The van der Waals surface area contributed by atoms with Crippen LogP contribution < -0.4 is 0 Å². The highest BCUT2D eigenvalue weighted by atomic mass is 35.5. The third-order valence-corrected chi connectivity index (χ3v) is 2.89. The number of aliphatic carboxylic acids is 1. The molecule has 1 rings (SSSR count). The van der Waals surface area contributed by atoms with E-state index in [0.717, 1.165) is 0 Å². The number of carbonyl (C=O) groups is 2. The van der Waals surface area contributed by atoms with Crippen molar-refractivity contribution in [2.45, 2.75) is 20.8 Å². The lowest BCUT2D eigenvalue weighted by Crippen LogP contribution is -2.17. The van der Waals surface area contributed by atoms with Gasteiger partial charge in [-0.3, -0.25) is 4.79 Å². The molecular formula is C14H14ClN3O3. The number of ketones is 1. The Bertz CT molecular complexity index is 669. The summed E-state index contributed by atoms with van der Waals surface area (Å²) in [6.45, 7) is 5.23. The number of halogens is 1. The van der Waals surface area contributed by atoms with Crippen LogP contribution in [0.5, 0.6) is 0 Å². The molecule has 1 N–H and O–H groups in total. The summed E-state index contributed by atoms with van der Waals surface area (Å²) in [5.41, 5.74) is 8.33. The van der Waals surface area contributed by atoms with E-state index in [1.165, 1.54) is 18.3 Å². The van der Waals surface area contributed by atoms with Gasteiger partial charge in [0.2, 0.25) is 0 Å². The van der Waals surface area contributed by atoms with Crippen molar-refractivity contribution in [3.63, 3.8) is 0 Å². The number of hydrogen-bond donors (Lipinski definition) is 1. The summed E-state index contributed by atoms with van der Waals surface area (Å²) in [5, 5.41) is 9.37. The van der Waals surface area contributed by atoms with Gasteiger partial charge in [0.15, 0.2) is 0 Å². The summed E-state index contributed by atoms with van der Waals surface area (Å²) in [6, 6.07) is 1.29. The summed E-state index contributed by atoms with van der Waals surface area (Å²) < 4.78 is 0. The van der Waals surface area contributed by atoms with Crippen LogP contribution in [0.3, 0.4) is 0 Å². The number of hydrogen-bond acceptors (Lipinski definition) is 3. The van der Waals surface area contributed by atoms with E-state index in [1.54, 1.807) is 20.8 Å². The maximum atomic E-state index is 11.8. The van der Waals surface area contributed by atoms with Gasteiger partial charge >= 0.3 is 12.2 Å². The molecule has 7 heteroatoms. The molecule has 0 atom stereocenters. The second kappa shape index (κ2) is 6.43. The zero-order valence-corrected chi connectivity index (χ0v) is 12.5. The summed E-state index contributed by atoms with van der Waals surface area (Å²) in [6.07, 6.45) is 3.38. The van der Waals surface area contributed by atoms with Gasteiger partial charge < -0.3 is 10.6 Å². The average molecular weight is 308 g/mol. The highest BCUT2D eigenvalue weighted by Gasteiger charge is 2.24. The van der Waals surface area contributed by atoms with Gasteiger partial charge in [0.1, 0.15) is 5.15 Å². The quantitative estimate of drug-likeness (QED) is 0.230. The van der Waals surface area contributed by atoms with E-state index in [1.807, 2.05) is 0 Å². The number of carboxylic acids is 1. The second-order valence-electron chi connectivity index (χ2n) is 5.32. The van der Waals surface area contributed by atoms with Crippen molar-refractivity contribution in [3.8, 4) is 0 Å². The second-order valence-corrected chi connectivity index (χ2v) is 5.70. The summed E-state index contributed by atoms with van der Waals surface area (Å²) in [7, 11) is 0. The van der Waals surface area contributed by atoms with Crippen molar-refractivity contribution in [3.05, 3.63) is 39.6 Å². The van der Waals surface area contributed by atoms with E-state index in [9.17, 15) is 14.7 Å². The Hall–Kier alpha value is -2.30.